The van der Waals surface area contributed by atoms with Crippen molar-refractivity contribution in [3.8, 4) is 0 Å². The lowest BCUT2D eigenvalue weighted by atomic mass is 10.0. The second kappa shape index (κ2) is 3.83. The largest absolute Gasteiger partial charge is 0.353 e. The first-order chi connectivity index (χ1) is 5.65. The first-order valence-corrected chi connectivity index (χ1v) is 4.50. The van der Waals surface area contributed by atoms with Crippen LogP contribution in [0.4, 0.5) is 0 Å². The van der Waals surface area contributed by atoms with E-state index in [0.29, 0.717) is 0 Å². The van der Waals surface area contributed by atoms with Gasteiger partial charge in [-0.2, -0.15) is 0 Å². The Hall–Kier alpha value is -0.670. The number of aromatic amines is 1. The number of aromatic nitrogens is 1. The number of H-pyrrole nitrogens is 1. The molecule has 2 nitrogen and oxygen atoms in total. The molecule has 0 aromatic carbocycles. The Balaban J connectivity index is 3.09. The van der Waals surface area contributed by atoms with Crippen molar-refractivity contribution in [2.75, 3.05) is 0 Å². The summed E-state index contributed by atoms with van der Waals surface area (Å²) in [7, 11) is 0. The predicted octanol–water partition coefficient (Wildman–Crippen LogP) is 2.46. The SMILES string of the molecule is CCC(N)c1c[nH]c(=S)cc1C. The summed E-state index contributed by atoms with van der Waals surface area (Å²) in [5.74, 6) is 0. The Kier molecular flexibility index (Phi) is 3.00. The molecule has 0 fully saturated rings. The van der Waals surface area contributed by atoms with Gasteiger partial charge in [0.05, 0.1) is 0 Å². The minimum atomic E-state index is 0.122. The number of hydrogen-bond acceptors (Lipinski definition) is 2. The fourth-order valence-electron chi connectivity index (χ4n) is 1.20. The molecule has 0 radical (unpaired) electrons. The molecule has 0 aliphatic heterocycles. The highest BCUT2D eigenvalue weighted by atomic mass is 32.1. The van der Waals surface area contributed by atoms with E-state index in [2.05, 4.69) is 11.9 Å². The fraction of sp³-hybridized carbons (Fsp3) is 0.444. The summed E-state index contributed by atoms with van der Waals surface area (Å²) in [5, 5.41) is 0. The van der Waals surface area contributed by atoms with Crippen molar-refractivity contribution in [3.05, 3.63) is 28.0 Å². The fourth-order valence-corrected chi connectivity index (χ4v) is 1.44. The highest BCUT2D eigenvalue weighted by Crippen LogP contribution is 2.16. The van der Waals surface area contributed by atoms with Crippen LogP contribution in [0.3, 0.4) is 0 Å². The van der Waals surface area contributed by atoms with Gasteiger partial charge in [0.2, 0.25) is 0 Å². The van der Waals surface area contributed by atoms with Gasteiger partial charge in [-0.1, -0.05) is 19.1 Å². The highest BCUT2D eigenvalue weighted by Gasteiger charge is 2.05. The number of aryl methyl sites for hydroxylation is 1. The summed E-state index contributed by atoms with van der Waals surface area (Å²) in [6, 6.07) is 2.07. The lowest BCUT2D eigenvalue weighted by Crippen LogP contribution is -2.10. The molecule has 3 N–H and O–H groups in total. The normalized spacial score (nSPS) is 12.9. The molecular weight excluding hydrogens is 168 g/mol. The number of hydrogen-bond donors (Lipinski definition) is 2. The van der Waals surface area contributed by atoms with Gasteiger partial charge in [-0.15, -0.1) is 0 Å². The molecule has 0 saturated heterocycles. The summed E-state index contributed by atoms with van der Waals surface area (Å²) >= 11 is 4.99. The van der Waals surface area contributed by atoms with E-state index < -0.39 is 0 Å². The molecule has 0 saturated carbocycles. The maximum Gasteiger partial charge on any atom is 0.103 e. The molecule has 0 bridgehead atoms. The Morgan fingerprint density at radius 3 is 2.83 bits per heavy atom. The molecule has 1 aromatic heterocycles. The van der Waals surface area contributed by atoms with Crippen LogP contribution in [0.2, 0.25) is 0 Å². The van der Waals surface area contributed by atoms with Crippen LogP contribution in [0.25, 0.3) is 0 Å². The van der Waals surface area contributed by atoms with Gasteiger partial charge >= 0.3 is 0 Å². The number of nitrogens with one attached hydrogen (secondary N) is 1. The van der Waals surface area contributed by atoms with Gasteiger partial charge < -0.3 is 10.7 Å². The zero-order valence-corrected chi connectivity index (χ0v) is 8.24. The number of nitrogens with two attached hydrogens (primary N) is 1. The lowest BCUT2D eigenvalue weighted by Gasteiger charge is -2.11. The molecule has 12 heavy (non-hydrogen) atoms. The molecule has 0 spiro atoms. The number of pyridine rings is 1. The van der Waals surface area contributed by atoms with Crippen LogP contribution < -0.4 is 5.73 Å². The smallest absolute Gasteiger partial charge is 0.103 e. The maximum absolute atomic E-state index is 5.89. The van der Waals surface area contributed by atoms with Crippen LogP contribution in [-0.2, 0) is 0 Å². The third kappa shape index (κ3) is 1.93. The molecule has 1 atom stereocenters. The summed E-state index contributed by atoms with van der Waals surface area (Å²) in [5.41, 5.74) is 8.22. The van der Waals surface area contributed by atoms with Crippen molar-refractivity contribution in [2.45, 2.75) is 26.3 Å². The van der Waals surface area contributed by atoms with Crippen molar-refractivity contribution < 1.29 is 0 Å². The van der Waals surface area contributed by atoms with Crippen LogP contribution in [-0.4, -0.2) is 4.98 Å². The Labute approximate surface area is 77.8 Å². The molecule has 3 heteroatoms. The van der Waals surface area contributed by atoms with Gasteiger partial charge in [-0.25, -0.2) is 0 Å². The molecular formula is C9H14N2S. The zero-order valence-electron chi connectivity index (χ0n) is 7.42. The van der Waals surface area contributed by atoms with Crippen LogP contribution >= 0.6 is 12.2 Å². The summed E-state index contributed by atoms with van der Waals surface area (Å²) in [6.07, 6.45) is 2.86. The van der Waals surface area contributed by atoms with Crippen molar-refractivity contribution in [1.82, 2.24) is 4.98 Å². The molecule has 66 valence electrons. The van der Waals surface area contributed by atoms with E-state index in [-0.39, 0.29) is 6.04 Å². The summed E-state index contributed by atoms with van der Waals surface area (Å²) in [4.78, 5) is 2.99. The molecule has 0 aliphatic rings. The monoisotopic (exact) mass is 182 g/mol. The average molecular weight is 182 g/mol. The molecule has 1 heterocycles. The van der Waals surface area contributed by atoms with E-state index in [1.165, 1.54) is 5.56 Å². The van der Waals surface area contributed by atoms with Crippen molar-refractivity contribution in [3.63, 3.8) is 0 Å². The highest BCUT2D eigenvalue weighted by molar-refractivity contribution is 7.71. The molecule has 1 aromatic rings. The molecule has 1 unspecified atom stereocenters. The molecule has 0 amide bonds. The van der Waals surface area contributed by atoms with Gasteiger partial charge in [0.15, 0.2) is 0 Å². The van der Waals surface area contributed by atoms with Crippen LogP contribution in [0.5, 0.6) is 0 Å². The second-order valence-electron chi connectivity index (χ2n) is 2.95. The van der Waals surface area contributed by atoms with Crippen LogP contribution in [0.15, 0.2) is 12.3 Å². The van der Waals surface area contributed by atoms with Crippen molar-refractivity contribution in [2.24, 2.45) is 5.73 Å². The lowest BCUT2D eigenvalue weighted by molar-refractivity contribution is 0.690. The standard InChI is InChI=1S/C9H14N2S/c1-3-8(10)7-5-11-9(12)4-6(7)2/h4-5,8H,3,10H2,1-2H3,(H,11,12). The van der Waals surface area contributed by atoms with Gasteiger partial charge in [0.25, 0.3) is 0 Å². The Bertz CT molecular complexity index is 317. The van der Waals surface area contributed by atoms with Crippen molar-refractivity contribution >= 4 is 12.2 Å². The van der Waals surface area contributed by atoms with Crippen LogP contribution in [0, 0.1) is 11.6 Å². The number of rotatable bonds is 2. The van der Waals surface area contributed by atoms with Crippen molar-refractivity contribution in [1.29, 1.82) is 0 Å². The second-order valence-corrected chi connectivity index (χ2v) is 3.39. The van der Waals surface area contributed by atoms with E-state index in [4.69, 9.17) is 18.0 Å². The Morgan fingerprint density at radius 1 is 1.67 bits per heavy atom. The average Bonchev–Trinajstić information content (AvgIpc) is 2.03. The van der Waals surface area contributed by atoms with Gasteiger partial charge in [-0.3, -0.25) is 0 Å². The predicted molar refractivity (Wildman–Crippen MR) is 53.6 cm³/mol. The molecule has 1 rings (SSSR count). The van der Waals surface area contributed by atoms with Gasteiger partial charge in [0.1, 0.15) is 4.64 Å². The van der Waals surface area contributed by atoms with Crippen LogP contribution in [0.1, 0.15) is 30.5 Å². The maximum atomic E-state index is 5.89. The Morgan fingerprint density at radius 2 is 2.33 bits per heavy atom. The van der Waals surface area contributed by atoms with E-state index in [0.717, 1.165) is 16.6 Å². The quantitative estimate of drug-likeness (QED) is 0.690. The third-order valence-corrected chi connectivity index (χ3v) is 2.25. The van der Waals surface area contributed by atoms with Gasteiger partial charge in [0, 0.05) is 12.2 Å². The minimum absolute atomic E-state index is 0.122. The van der Waals surface area contributed by atoms with Gasteiger partial charge in [-0.05, 0) is 30.5 Å². The summed E-state index contributed by atoms with van der Waals surface area (Å²) < 4.78 is 0.763. The first kappa shape index (κ1) is 9.42. The van der Waals surface area contributed by atoms with E-state index >= 15 is 0 Å². The zero-order chi connectivity index (χ0) is 9.14. The first-order valence-electron chi connectivity index (χ1n) is 4.10. The van der Waals surface area contributed by atoms with E-state index in [1.807, 2.05) is 19.2 Å². The minimum Gasteiger partial charge on any atom is -0.353 e. The third-order valence-electron chi connectivity index (χ3n) is 2.01. The topological polar surface area (TPSA) is 41.8 Å². The summed E-state index contributed by atoms with van der Waals surface area (Å²) in [6.45, 7) is 4.11. The van der Waals surface area contributed by atoms with E-state index in [1.54, 1.807) is 0 Å². The van der Waals surface area contributed by atoms with E-state index in [9.17, 15) is 0 Å². The molecule has 0 aliphatic carbocycles.